The van der Waals surface area contributed by atoms with Gasteiger partial charge in [-0.15, -0.1) is 0 Å². The van der Waals surface area contributed by atoms with Crippen molar-refractivity contribution in [3.8, 4) is 0 Å². The highest BCUT2D eigenvalue weighted by atomic mass is 32.1. The number of aromatic nitrogens is 1. The summed E-state index contributed by atoms with van der Waals surface area (Å²) in [5.41, 5.74) is 2.12. The summed E-state index contributed by atoms with van der Waals surface area (Å²) in [5, 5.41) is 7.10. The Kier molecular flexibility index (Phi) is 5.08. The number of nitrogens with one attached hydrogen (secondary N) is 2. The molecule has 3 rings (SSSR count). The summed E-state index contributed by atoms with van der Waals surface area (Å²) in [4.78, 5) is 6.84. The molecule has 5 heteroatoms. The molecule has 0 unspecified atom stereocenters. The van der Waals surface area contributed by atoms with Crippen LogP contribution in [0.15, 0.2) is 48.7 Å². The van der Waals surface area contributed by atoms with Crippen LogP contribution in [-0.4, -0.2) is 23.2 Å². The molecule has 1 fully saturated rings. The van der Waals surface area contributed by atoms with Crippen molar-refractivity contribution < 1.29 is 0 Å². The molecule has 1 atom stereocenters. The second-order valence-electron chi connectivity index (χ2n) is 5.83. The average molecular weight is 326 g/mol. The van der Waals surface area contributed by atoms with Crippen LogP contribution < -0.4 is 15.5 Å². The van der Waals surface area contributed by atoms with Crippen molar-refractivity contribution in [2.24, 2.45) is 0 Å². The first-order valence-electron chi connectivity index (χ1n) is 8.06. The van der Waals surface area contributed by atoms with Gasteiger partial charge in [-0.1, -0.05) is 30.3 Å². The zero-order valence-electron chi connectivity index (χ0n) is 13.3. The highest BCUT2D eigenvalue weighted by Gasteiger charge is 2.13. The Morgan fingerprint density at radius 3 is 2.52 bits per heavy atom. The number of benzene rings is 1. The van der Waals surface area contributed by atoms with Crippen molar-refractivity contribution in [1.29, 1.82) is 0 Å². The lowest BCUT2D eigenvalue weighted by atomic mass is 10.1. The van der Waals surface area contributed by atoms with Crippen molar-refractivity contribution in [3.05, 3.63) is 54.2 Å². The van der Waals surface area contributed by atoms with E-state index in [9.17, 15) is 0 Å². The van der Waals surface area contributed by atoms with E-state index in [-0.39, 0.29) is 6.04 Å². The molecule has 1 aliphatic heterocycles. The fourth-order valence-corrected chi connectivity index (χ4v) is 3.08. The van der Waals surface area contributed by atoms with Gasteiger partial charge < -0.3 is 15.5 Å². The molecule has 0 bridgehead atoms. The van der Waals surface area contributed by atoms with Crippen molar-refractivity contribution in [3.63, 3.8) is 0 Å². The van der Waals surface area contributed by atoms with Crippen molar-refractivity contribution in [2.75, 3.05) is 23.3 Å². The first-order valence-corrected chi connectivity index (χ1v) is 8.46. The Labute approximate surface area is 142 Å². The van der Waals surface area contributed by atoms with Gasteiger partial charge in [0.1, 0.15) is 5.82 Å². The lowest BCUT2D eigenvalue weighted by molar-refractivity contribution is 0.722. The molecule has 0 spiro atoms. The highest BCUT2D eigenvalue weighted by Crippen LogP contribution is 2.19. The minimum absolute atomic E-state index is 0.160. The largest absolute Gasteiger partial charge is 0.357 e. The van der Waals surface area contributed by atoms with Crippen LogP contribution in [0.1, 0.15) is 31.4 Å². The van der Waals surface area contributed by atoms with Crippen molar-refractivity contribution in [2.45, 2.75) is 25.8 Å². The fraction of sp³-hybridized carbons (Fsp3) is 0.333. The second-order valence-corrected chi connectivity index (χ2v) is 6.24. The van der Waals surface area contributed by atoms with Crippen LogP contribution in [0.4, 0.5) is 11.5 Å². The van der Waals surface area contributed by atoms with E-state index in [1.807, 2.05) is 30.5 Å². The van der Waals surface area contributed by atoms with E-state index in [1.165, 1.54) is 18.4 Å². The van der Waals surface area contributed by atoms with Crippen LogP contribution in [0, 0.1) is 0 Å². The Morgan fingerprint density at radius 1 is 1.13 bits per heavy atom. The lowest BCUT2D eigenvalue weighted by Crippen LogP contribution is -2.31. The highest BCUT2D eigenvalue weighted by molar-refractivity contribution is 7.80. The van der Waals surface area contributed by atoms with E-state index in [0.717, 1.165) is 24.6 Å². The molecule has 0 radical (unpaired) electrons. The molecular formula is C18H22N4S. The summed E-state index contributed by atoms with van der Waals surface area (Å²) in [6.45, 7) is 4.31. The van der Waals surface area contributed by atoms with E-state index in [4.69, 9.17) is 12.2 Å². The van der Waals surface area contributed by atoms with E-state index in [0.29, 0.717) is 5.11 Å². The molecule has 1 aliphatic rings. The van der Waals surface area contributed by atoms with Crippen molar-refractivity contribution >= 4 is 28.8 Å². The SMILES string of the molecule is C[C@H](NC(=S)Nc1ccc(N2CCCC2)nc1)c1ccccc1. The van der Waals surface area contributed by atoms with E-state index < -0.39 is 0 Å². The van der Waals surface area contributed by atoms with Gasteiger partial charge in [-0.25, -0.2) is 4.98 Å². The molecule has 120 valence electrons. The van der Waals surface area contributed by atoms with Gasteiger partial charge in [-0.3, -0.25) is 0 Å². The molecule has 2 aromatic rings. The molecule has 1 aromatic carbocycles. The molecule has 2 N–H and O–H groups in total. The summed E-state index contributed by atoms with van der Waals surface area (Å²) in [7, 11) is 0. The van der Waals surface area contributed by atoms with Gasteiger partial charge in [0, 0.05) is 13.1 Å². The van der Waals surface area contributed by atoms with Gasteiger partial charge in [0.15, 0.2) is 5.11 Å². The van der Waals surface area contributed by atoms with Gasteiger partial charge in [0.05, 0.1) is 17.9 Å². The third-order valence-electron chi connectivity index (χ3n) is 4.08. The number of hydrogen-bond donors (Lipinski definition) is 2. The summed E-state index contributed by atoms with van der Waals surface area (Å²) >= 11 is 5.39. The molecule has 0 amide bonds. The molecule has 1 saturated heterocycles. The fourth-order valence-electron chi connectivity index (χ4n) is 2.78. The number of nitrogens with zero attached hydrogens (tertiary/aromatic N) is 2. The standard InChI is InChI=1S/C18H22N4S/c1-14(15-7-3-2-4-8-15)20-18(23)21-16-9-10-17(19-13-16)22-11-5-6-12-22/h2-4,7-10,13-14H,5-6,11-12H2,1H3,(H2,20,21,23)/t14-/m0/s1. The third-order valence-corrected chi connectivity index (χ3v) is 4.30. The van der Waals surface area contributed by atoms with Crippen LogP contribution in [0.5, 0.6) is 0 Å². The number of rotatable bonds is 4. The van der Waals surface area contributed by atoms with Crippen molar-refractivity contribution in [1.82, 2.24) is 10.3 Å². The summed E-state index contributed by atoms with van der Waals surface area (Å²) in [5.74, 6) is 1.05. The number of thiocarbonyl (C=S) groups is 1. The maximum absolute atomic E-state index is 5.39. The summed E-state index contributed by atoms with van der Waals surface area (Å²) in [6, 6.07) is 14.5. The monoisotopic (exact) mass is 326 g/mol. The zero-order chi connectivity index (χ0) is 16.1. The maximum atomic E-state index is 5.39. The van der Waals surface area contributed by atoms with Gasteiger partial charge in [-0.05, 0) is 49.7 Å². The van der Waals surface area contributed by atoms with Crippen LogP contribution in [-0.2, 0) is 0 Å². The second kappa shape index (κ2) is 7.42. The quantitative estimate of drug-likeness (QED) is 0.838. The normalized spacial score (nSPS) is 15.3. The minimum atomic E-state index is 0.160. The first kappa shape index (κ1) is 15.7. The van der Waals surface area contributed by atoms with Gasteiger partial charge in [0.2, 0.25) is 0 Å². The first-order chi connectivity index (χ1) is 11.2. The lowest BCUT2D eigenvalue weighted by Gasteiger charge is -2.18. The Balaban J connectivity index is 1.55. The van der Waals surface area contributed by atoms with Gasteiger partial charge in [-0.2, -0.15) is 0 Å². The van der Waals surface area contributed by atoms with E-state index >= 15 is 0 Å². The predicted molar refractivity (Wildman–Crippen MR) is 99.9 cm³/mol. The van der Waals surface area contributed by atoms with Gasteiger partial charge >= 0.3 is 0 Å². The van der Waals surface area contributed by atoms with Crippen LogP contribution in [0.2, 0.25) is 0 Å². The average Bonchev–Trinajstić information content (AvgIpc) is 3.11. The molecule has 4 nitrogen and oxygen atoms in total. The Morgan fingerprint density at radius 2 is 1.87 bits per heavy atom. The third kappa shape index (κ3) is 4.20. The molecule has 1 aromatic heterocycles. The molecule has 0 aliphatic carbocycles. The van der Waals surface area contributed by atoms with E-state index in [2.05, 4.69) is 45.6 Å². The summed E-state index contributed by atoms with van der Waals surface area (Å²) in [6.07, 6.45) is 4.36. The van der Waals surface area contributed by atoms with Crippen LogP contribution in [0.3, 0.4) is 0 Å². The smallest absolute Gasteiger partial charge is 0.171 e. The summed E-state index contributed by atoms with van der Waals surface area (Å²) < 4.78 is 0. The number of hydrogen-bond acceptors (Lipinski definition) is 3. The zero-order valence-corrected chi connectivity index (χ0v) is 14.1. The molecular weight excluding hydrogens is 304 g/mol. The Hall–Kier alpha value is -2.14. The van der Waals surface area contributed by atoms with Crippen LogP contribution >= 0.6 is 12.2 Å². The molecule has 23 heavy (non-hydrogen) atoms. The van der Waals surface area contributed by atoms with Gasteiger partial charge in [0.25, 0.3) is 0 Å². The minimum Gasteiger partial charge on any atom is -0.357 e. The van der Waals surface area contributed by atoms with E-state index in [1.54, 1.807) is 0 Å². The predicted octanol–water partition coefficient (Wildman–Crippen LogP) is 3.73. The number of anilines is 2. The van der Waals surface area contributed by atoms with Crippen LogP contribution in [0.25, 0.3) is 0 Å². The maximum Gasteiger partial charge on any atom is 0.171 e. The Bertz CT molecular complexity index is 636. The topological polar surface area (TPSA) is 40.2 Å². The molecule has 0 saturated carbocycles. The number of pyridine rings is 1. The molecule has 2 heterocycles.